The Labute approximate surface area is 161 Å². The Morgan fingerprint density at radius 1 is 1.14 bits per heavy atom. The first-order valence-corrected chi connectivity index (χ1v) is 8.75. The van der Waals surface area contributed by atoms with E-state index in [2.05, 4.69) is 5.32 Å². The molecular formula is C20H20FN3O4. The number of methoxy groups -OCH3 is 1. The molecule has 8 heteroatoms. The highest BCUT2D eigenvalue weighted by atomic mass is 19.1. The van der Waals surface area contributed by atoms with Gasteiger partial charge in [-0.25, -0.2) is 14.1 Å². The molecular weight excluding hydrogens is 365 g/mol. The second-order valence-corrected chi connectivity index (χ2v) is 6.26. The Morgan fingerprint density at radius 2 is 1.89 bits per heavy atom. The SMILES string of the molecule is COCCN1C(=O)N(c2ccccc2)C(=O)C1CC(=O)Nc1cccc(F)c1. The van der Waals surface area contributed by atoms with Gasteiger partial charge in [0, 0.05) is 19.3 Å². The normalized spacial score (nSPS) is 16.6. The van der Waals surface area contributed by atoms with Crippen LogP contribution in [0.5, 0.6) is 0 Å². The summed E-state index contributed by atoms with van der Waals surface area (Å²) in [6.07, 6.45) is -0.242. The first kappa shape index (κ1) is 19.5. The molecule has 0 saturated carbocycles. The standard InChI is InChI=1S/C20H20FN3O4/c1-28-11-10-23-17(13-18(25)22-15-7-5-6-14(21)12-15)19(26)24(20(23)27)16-8-3-2-4-9-16/h2-9,12,17H,10-11,13H2,1H3,(H,22,25). The summed E-state index contributed by atoms with van der Waals surface area (Å²) in [5.74, 6) is -1.46. The average Bonchev–Trinajstić information content (AvgIpc) is 2.90. The van der Waals surface area contributed by atoms with Crippen molar-refractivity contribution >= 4 is 29.2 Å². The Kier molecular flexibility index (Phi) is 6.00. The molecule has 1 heterocycles. The number of hydrogen-bond acceptors (Lipinski definition) is 4. The number of carbonyl (C=O) groups is 3. The van der Waals surface area contributed by atoms with Crippen LogP contribution in [0.15, 0.2) is 54.6 Å². The number of imide groups is 1. The van der Waals surface area contributed by atoms with Crippen LogP contribution in [0.25, 0.3) is 0 Å². The molecule has 28 heavy (non-hydrogen) atoms. The Morgan fingerprint density at radius 3 is 2.57 bits per heavy atom. The molecule has 0 aliphatic carbocycles. The minimum absolute atomic E-state index is 0.169. The van der Waals surface area contributed by atoms with Crippen molar-refractivity contribution in [1.82, 2.24) is 4.90 Å². The molecule has 1 atom stereocenters. The van der Waals surface area contributed by atoms with Gasteiger partial charge in [0.2, 0.25) is 5.91 Å². The summed E-state index contributed by atoms with van der Waals surface area (Å²) in [6, 6.07) is 12.5. The van der Waals surface area contributed by atoms with Gasteiger partial charge < -0.3 is 15.0 Å². The molecule has 2 aromatic carbocycles. The summed E-state index contributed by atoms with van der Waals surface area (Å²) in [7, 11) is 1.49. The van der Waals surface area contributed by atoms with Crippen LogP contribution in [-0.4, -0.2) is 49.0 Å². The van der Waals surface area contributed by atoms with E-state index in [4.69, 9.17) is 4.74 Å². The lowest BCUT2D eigenvalue weighted by atomic mass is 10.1. The Hall–Kier alpha value is -3.26. The van der Waals surface area contributed by atoms with Gasteiger partial charge in [0.05, 0.1) is 18.7 Å². The molecule has 4 amide bonds. The van der Waals surface area contributed by atoms with E-state index in [1.54, 1.807) is 36.4 Å². The van der Waals surface area contributed by atoms with Gasteiger partial charge >= 0.3 is 6.03 Å². The number of benzene rings is 2. The number of nitrogens with zero attached hydrogens (tertiary/aromatic N) is 2. The second kappa shape index (κ2) is 8.62. The maximum atomic E-state index is 13.3. The number of halogens is 1. The van der Waals surface area contributed by atoms with Crippen LogP contribution < -0.4 is 10.2 Å². The van der Waals surface area contributed by atoms with Gasteiger partial charge in [0.25, 0.3) is 5.91 Å². The zero-order valence-electron chi connectivity index (χ0n) is 15.3. The van der Waals surface area contributed by atoms with E-state index in [0.717, 1.165) is 4.90 Å². The number of ether oxygens (including phenoxy) is 1. The van der Waals surface area contributed by atoms with Crippen molar-refractivity contribution in [1.29, 1.82) is 0 Å². The van der Waals surface area contributed by atoms with E-state index in [0.29, 0.717) is 5.69 Å². The minimum Gasteiger partial charge on any atom is -0.383 e. The van der Waals surface area contributed by atoms with Crippen LogP contribution >= 0.6 is 0 Å². The number of carbonyl (C=O) groups excluding carboxylic acids is 3. The van der Waals surface area contributed by atoms with Crippen molar-refractivity contribution in [3.05, 3.63) is 60.4 Å². The molecule has 1 unspecified atom stereocenters. The summed E-state index contributed by atoms with van der Waals surface area (Å²) in [5.41, 5.74) is 0.720. The fourth-order valence-corrected chi connectivity index (χ4v) is 3.05. The third kappa shape index (κ3) is 4.17. The average molecular weight is 385 g/mol. The number of urea groups is 1. The van der Waals surface area contributed by atoms with Crippen molar-refractivity contribution < 1.29 is 23.5 Å². The summed E-state index contributed by atoms with van der Waals surface area (Å²) in [4.78, 5) is 40.5. The zero-order valence-corrected chi connectivity index (χ0v) is 15.3. The van der Waals surface area contributed by atoms with Crippen molar-refractivity contribution in [2.24, 2.45) is 0 Å². The maximum absolute atomic E-state index is 13.3. The number of nitrogens with one attached hydrogen (secondary N) is 1. The number of anilines is 2. The monoisotopic (exact) mass is 385 g/mol. The van der Waals surface area contributed by atoms with E-state index in [1.165, 1.54) is 30.2 Å². The van der Waals surface area contributed by atoms with Crippen molar-refractivity contribution in [3.8, 4) is 0 Å². The van der Waals surface area contributed by atoms with Gasteiger partial charge in [-0.1, -0.05) is 24.3 Å². The van der Waals surface area contributed by atoms with E-state index in [1.807, 2.05) is 0 Å². The number of rotatable bonds is 7. The maximum Gasteiger partial charge on any atom is 0.332 e. The predicted molar refractivity (Wildman–Crippen MR) is 101 cm³/mol. The molecule has 0 aromatic heterocycles. The first-order chi connectivity index (χ1) is 13.5. The Balaban J connectivity index is 1.79. The van der Waals surface area contributed by atoms with Crippen molar-refractivity contribution in [3.63, 3.8) is 0 Å². The van der Waals surface area contributed by atoms with Crippen LogP contribution in [0.2, 0.25) is 0 Å². The lowest BCUT2D eigenvalue weighted by Crippen LogP contribution is -2.39. The van der Waals surface area contributed by atoms with Crippen LogP contribution in [-0.2, 0) is 14.3 Å². The van der Waals surface area contributed by atoms with Gasteiger partial charge in [0.1, 0.15) is 11.9 Å². The van der Waals surface area contributed by atoms with Crippen LogP contribution in [0.4, 0.5) is 20.6 Å². The lowest BCUT2D eigenvalue weighted by Gasteiger charge is -2.21. The topological polar surface area (TPSA) is 79.0 Å². The van der Waals surface area contributed by atoms with Crippen molar-refractivity contribution in [2.75, 3.05) is 30.5 Å². The highest BCUT2D eigenvalue weighted by Crippen LogP contribution is 2.26. The highest BCUT2D eigenvalue weighted by Gasteiger charge is 2.46. The van der Waals surface area contributed by atoms with Crippen LogP contribution in [0.1, 0.15) is 6.42 Å². The van der Waals surface area contributed by atoms with Crippen molar-refractivity contribution in [2.45, 2.75) is 12.5 Å². The summed E-state index contributed by atoms with van der Waals surface area (Å²) >= 11 is 0. The predicted octanol–water partition coefficient (Wildman–Crippen LogP) is 2.64. The van der Waals surface area contributed by atoms with E-state index < -0.39 is 29.7 Å². The summed E-state index contributed by atoms with van der Waals surface area (Å²) < 4.78 is 18.3. The zero-order chi connectivity index (χ0) is 20.1. The molecule has 1 aliphatic rings. The molecule has 0 spiro atoms. The van der Waals surface area contributed by atoms with Gasteiger partial charge in [-0.2, -0.15) is 0 Å². The molecule has 1 saturated heterocycles. The number of para-hydroxylation sites is 1. The molecule has 2 aromatic rings. The van der Waals surface area contributed by atoms with Gasteiger partial charge in [0.15, 0.2) is 0 Å². The number of amides is 4. The molecule has 7 nitrogen and oxygen atoms in total. The molecule has 3 rings (SSSR count). The van der Waals surface area contributed by atoms with E-state index in [-0.39, 0.29) is 25.3 Å². The van der Waals surface area contributed by atoms with Gasteiger partial charge in [-0.3, -0.25) is 9.59 Å². The Bertz CT molecular complexity index is 875. The van der Waals surface area contributed by atoms with E-state index in [9.17, 15) is 18.8 Å². The van der Waals surface area contributed by atoms with Gasteiger partial charge in [-0.15, -0.1) is 0 Å². The fraction of sp³-hybridized carbons (Fsp3) is 0.250. The second-order valence-electron chi connectivity index (χ2n) is 6.26. The molecule has 146 valence electrons. The molecule has 0 radical (unpaired) electrons. The fourth-order valence-electron chi connectivity index (χ4n) is 3.05. The van der Waals surface area contributed by atoms with Crippen LogP contribution in [0.3, 0.4) is 0 Å². The molecule has 1 aliphatic heterocycles. The quantitative estimate of drug-likeness (QED) is 0.743. The minimum atomic E-state index is -0.962. The highest BCUT2D eigenvalue weighted by molar-refractivity contribution is 6.22. The smallest absolute Gasteiger partial charge is 0.332 e. The largest absolute Gasteiger partial charge is 0.383 e. The van der Waals surface area contributed by atoms with Gasteiger partial charge in [-0.05, 0) is 30.3 Å². The van der Waals surface area contributed by atoms with Crippen LogP contribution in [0, 0.1) is 5.82 Å². The summed E-state index contributed by atoms with van der Waals surface area (Å²) in [6.45, 7) is 0.395. The molecule has 0 bridgehead atoms. The molecule has 1 N–H and O–H groups in total. The lowest BCUT2D eigenvalue weighted by molar-refractivity contribution is -0.124. The third-order valence-electron chi connectivity index (χ3n) is 4.36. The molecule has 1 fully saturated rings. The third-order valence-corrected chi connectivity index (χ3v) is 4.36. The summed E-state index contributed by atoms with van der Waals surface area (Å²) in [5, 5.41) is 2.56. The number of hydrogen-bond donors (Lipinski definition) is 1. The van der Waals surface area contributed by atoms with E-state index >= 15 is 0 Å². The first-order valence-electron chi connectivity index (χ1n) is 8.75.